The van der Waals surface area contributed by atoms with E-state index in [4.69, 9.17) is 4.74 Å². The van der Waals surface area contributed by atoms with E-state index < -0.39 is 0 Å². The molecule has 0 aliphatic carbocycles. The molecule has 2 amide bonds. The molecule has 2 N–H and O–H groups in total. The van der Waals surface area contributed by atoms with Crippen LogP contribution in [-0.2, 0) is 0 Å². The van der Waals surface area contributed by atoms with Gasteiger partial charge in [0.1, 0.15) is 11.9 Å². The maximum Gasteiger partial charge on any atom is 0.319 e. The summed E-state index contributed by atoms with van der Waals surface area (Å²) in [6.45, 7) is 2.00. The third kappa shape index (κ3) is 3.95. The zero-order valence-electron chi connectivity index (χ0n) is 15.2. The molecule has 4 rings (SSSR count). The van der Waals surface area contributed by atoms with E-state index in [1.807, 2.05) is 73.7 Å². The second kappa shape index (κ2) is 7.54. The minimum absolute atomic E-state index is 0.0923. The minimum atomic E-state index is -0.214. The first-order valence-electron chi connectivity index (χ1n) is 9.14. The standard InChI is InChI=1S/C23H22N2O2/c1-16-8-7-11-18(14-16)24-23(26)25-20-15-22(17-9-3-2-4-10-17)27-21-13-6-5-12-19(20)21/h2-14,20,22H,15H2,1H3,(H2,24,25,26)/t20-,22+/m1/s1. The highest BCUT2D eigenvalue weighted by Gasteiger charge is 2.30. The van der Waals surface area contributed by atoms with Gasteiger partial charge in [0.2, 0.25) is 0 Å². The summed E-state index contributed by atoms with van der Waals surface area (Å²) in [4.78, 5) is 12.6. The van der Waals surface area contributed by atoms with Crippen molar-refractivity contribution in [1.29, 1.82) is 0 Å². The van der Waals surface area contributed by atoms with Gasteiger partial charge in [0.05, 0.1) is 6.04 Å². The summed E-state index contributed by atoms with van der Waals surface area (Å²) in [5.74, 6) is 0.818. The van der Waals surface area contributed by atoms with Crippen LogP contribution in [0.15, 0.2) is 78.9 Å². The van der Waals surface area contributed by atoms with Gasteiger partial charge in [0, 0.05) is 17.7 Å². The van der Waals surface area contributed by atoms with Crippen molar-refractivity contribution in [3.05, 3.63) is 95.6 Å². The first-order valence-corrected chi connectivity index (χ1v) is 9.14. The Labute approximate surface area is 159 Å². The highest BCUT2D eigenvalue weighted by molar-refractivity contribution is 5.89. The number of ether oxygens (including phenoxy) is 1. The summed E-state index contributed by atoms with van der Waals surface area (Å²) < 4.78 is 6.19. The Kier molecular flexibility index (Phi) is 4.79. The molecule has 0 fully saturated rings. The van der Waals surface area contributed by atoms with Crippen LogP contribution in [0.3, 0.4) is 0 Å². The molecule has 0 saturated carbocycles. The van der Waals surface area contributed by atoms with Crippen molar-refractivity contribution in [2.24, 2.45) is 0 Å². The normalized spacial score (nSPS) is 18.1. The molecule has 0 spiro atoms. The molecule has 1 heterocycles. The molecule has 4 nitrogen and oxygen atoms in total. The quantitative estimate of drug-likeness (QED) is 0.660. The van der Waals surface area contributed by atoms with E-state index in [0.29, 0.717) is 6.42 Å². The second-order valence-corrected chi connectivity index (χ2v) is 6.81. The monoisotopic (exact) mass is 358 g/mol. The maximum absolute atomic E-state index is 12.6. The molecule has 0 unspecified atom stereocenters. The number of hydrogen-bond acceptors (Lipinski definition) is 2. The third-order valence-electron chi connectivity index (χ3n) is 4.77. The lowest BCUT2D eigenvalue weighted by Gasteiger charge is -2.33. The van der Waals surface area contributed by atoms with Crippen molar-refractivity contribution in [1.82, 2.24) is 5.32 Å². The summed E-state index contributed by atoms with van der Waals surface area (Å²) in [5.41, 5.74) is 4.00. The molecule has 4 heteroatoms. The van der Waals surface area contributed by atoms with Gasteiger partial charge in [-0.3, -0.25) is 0 Å². The van der Waals surface area contributed by atoms with Crippen molar-refractivity contribution in [2.45, 2.75) is 25.5 Å². The first kappa shape index (κ1) is 17.2. The van der Waals surface area contributed by atoms with Gasteiger partial charge in [0.25, 0.3) is 0 Å². The summed E-state index contributed by atoms with van der Waals surface area (Å²) in [5, 5.41) is 6.04. The van der Waals surface area contributed by atoms with Crippen LogP contribution in [0.25, 0.3) is 0 Å². The van der Waals surface area contributed by atoms with Gasteiger partial charge < -0.3 is 15.4 Å². The number of hydrogen-bond donors (Lipinski definition) is 2. The second-order valence-electron chi connectivity index (χ2n) is 6.81. The molecule has 3 aromatic rings. The van der Waals surface area contributed by atoms with Crippen LogP contribution in [0.1, 0.15) is 35.3 Å². The fourth-order valence-corrected chi connectivity index (χ4v) is 3.47. The predicted molar refractivity (Wildman–Crippen MR) is 107 cm³/mol. The van der Waals surface area contributed by atoms with Gasteiger partial charge in [-0.05, 0) is 36.2 Å². The van der Waals surface area contributed by atoms with Crippen LogP contribution in [0, 0.1) is 6.92 Å². The molecule has 2 atom stereocenters. The molecule has 27 heavy (non-hydrogen) atoms. The molecular weight excluding hydrogens is 336 g/mol. The predicted octanol–water partition coefficient (Wildman–Crippen LogP) is 5.38. The number of amides is 2. The lowest BCUT2D eigenvalue weighted by Crippen LogP contribution is -2.36. The average Bonchev–Trinajstić information content (AvgIpc) is 2.68. The Hall–Kier alpha value is -3.27. The number of para-hydroxylation sites is 1. The van der Waals surface area contributed by atoms with Crippen LogP contribution in [0.2, 0.25) is 0 Å². The summed E-state index contributed by atoms with van der Waals surface area (Å²) in [7, 11) is 0. The van der Waals surface area contributed by atoms with E-state index in [2.05, 4.69) is 22.8 Å². The van der Waals surface area contributed by atoms with E-state index in [1.54, 1.807) is 0 Å². The Morgan fingerprint density at radius 1 is 0.963 bits per heavy atom. The van der Waals surface area contributed by atoms with E-state index in [1.165, 1.54) is 0 Å². The number of rotatable bonds is 3. The Balaban J connectivity index is 1.54. The number of benzene rings is 3. The number of urea groups is 1. The summed E-state index contributed by atoms with van der Waals surface area (Å²) >= 11 is 0. The van der Waals surface area contributed by atoms with Crippen molar-refractivity contribution >= 4 is 11.7 Å². The molecule has 0 radical (unpaired) electrons. The molecular formula is C23H22N2O2. The Bertz CT molecular complexity index is 940. The zero-order valence-corrected chi connectivity index (χ0v) is 15.2. The van der Waals surface area contributed by atoms with Gasteiger partial charge in [-0.1, -0.05) is 60.7 Å². The SMILES string of the molecule is Cc1cccc(NC(=O)N[C@@H]2C[C@@H](c3ccccc3)Oc3ccccc32)c1. The largest absolute Gasteiger partial charge is 0.485 e. The van der Waals surface area contributed by atoms with Crippen LogP contribution in [0.5, 0.6) is 5.75 Å². The highest BCUT2D eigenvalue weighted by Crippen LogP contribution is 2.40. The van der Waals surface area contributed by atoms with Crippen LogP contribution in [-0.4, -0.2) is 6.03 Å². The molecule has 1 aliphatic rings. The van der Waals surface area contributed by atoms with Gasteiger partial charge in [-0.25, -0.2) is 4.79 Å². The number of anilines is 1. The minimum Gasteiger partial charge on any atom is -0.485 e. The Morgan fingerprint density at radius 2 is 1.74 bits per heavy atom. The number of carbonyl (C=O) groups is 1. The summed E-state index contributed by atoms with van der Waals surface area (Å²) in [6, 6.07) is 25.4. The van der Waals surface area contributed by atoms with Crippen LogP contribution >= 0.6 is 0 Å². The molecule has 0 aromatic heterocycles. The molecule has 136 valence electrons. The molecule has 0 saturated heterocycles. The van der Waals surface area contributed by atoms with Crippen molar-refractivity contribution in [2.75, 3.05) is 5.32 Å². The Morgan fingerprint density at radius 3 is 2.56 bits per heavy atom. The molecule has 1 aliphatic heterocycles. The van der Waals surface area contributed by atoms with E-state index in [-0.39, 0.29) is 18.2 Å². The summed E-state index contributed by atoms with van der Waals surface area (Å²) in [6.07, 6.45) is 0.591. The number of carbonyl (C=O) groups excluding carboxylic acids is 1. The highest BCUT2D eigenvalue weighted by atomic mass is 16.5. The number of nitrogens with one attached hydrogen (secondary N) is 2. The lowest BCUT2D eigenvalue weighted by molar-refractivity contribution is 0.153. The average molecular weight is 358 g/mol. The molecule has 0 bridgehead atoms. The van der Waals surface area contributed by atoms with Gasteiger partial charge in [-0.2, -0.15) is 0 Å². The van der Waals surface area contributed by atoms with E-state index in [0.717, 1.165) is 28.1 Å². The topological polar surface area (TPSA) is 50.4 Å². The lowest BCUT2D eigenvalue weighted by atomic mass is 9.93. The van der Waals surface area contributed by atoms with Crippen molar-refractivity contribution in [3.63, 3.8) is 0 Å². The fourth-order valence-electron chi connectivity index (χ4n) is 3.47. The van der Waals surface area contributed by atoms with Crippen molar-refractivity contribution in [3.8, 4) is 5.75 Å². The van der Waals surface area contributed by atoms with Crippen LogP contribution in [0.4, 0.5) is 10.5 Å². The third-order valence-corrected chi connectivity index (χ3v) is 4.77. The smallest absolute Gasteiger partial charge is 0.319 e. The number of fused-ring (bicyclic) bond motifs is 1. The van der Waals surface area contributed by atoms with Gasteiger partial charge >= 0.3 is 6.03 Å². The molecule has 3 aromatic carbocycles. The fraction of sp³-hybridized carbons (Fsp3) is 0.174. The van der Waals surface area contributed by atoms with Crippen LogP contribution < -0.4 is 15.4 Å². The zero-order chi connectivity index (χ0) is 18.6. The van der Waals surface area contributed by atoms with E-state index in [9.17, 15) is 4.79 Å². The number of aryl methyl sites for hydroxylation is 1. The maximum atomic E-state index is 12.6. The van der Waals surface area contributed by atoms with Gasteiger partial charge in [-0.15, -0.1) is 0 Å². The van der Waals surface area contributed by atoms with Crippen molar-refractivity contribution < 1.29 is 9.53 Å². The van der Waals surface area contributed by atoms with E-state index >= 15 is 0 Å². The first-order chi connectivity index (χ1) is 13.2. The van der Waals surface area contributed by atoms with Gasteiger partial charge in [0.15, 0.2) is 0 Å².